The van der Waals surface area contributed by atoms with Gasteiger partial charge in [0.2, 0.25) is 5.69 Å². The van der Waals surface area contributed by atoms with Crippen molar-refractivity contribution in [3.05, 3.63) is 94.8 Å². The monoisotopic (exact) mass is 691 g/mol. The van der Waals surface area contributed by atoms with Gasteiger partial charge in [-0.1, -0.05) is 65.9 Å². The van der Waals surface area contributed by atoms with Crippen LogP contribution in [0.3, 0.4) is 0 Å². The zero-order valence-electron chi connectivity index (χ0n) is 19.3. The SMILES string of the molecule is CC[n+]1c(-c2ccc(-c3ccccc3)cc2)csc1/C=C/c1ccc(N2CCCC2)cc1.[I-].[I-]. The molecule has 0 aliphatic carbocycles. The molecule has 1 saturated heterocycles. The van der Waals surface area contributed by atoms with Crippen molar-refractivity contribution in [3.63, 3.8) is 0 Å². The minimum absolute atomic E-state index is 0. The number of rotatable bonds is 6. The van der Waals surface area contributed by atoms with E-state index in [0.717, 1.165) is 6.54 Å². The summed E-state index contributed by atoms with van der Waals surface area (Å²) >= 11 is 1.81. The van der Waals surface area contributed by atoms with E-state index >= 15 is 0 Å². The van der Waals surface area contributed by atoms with Crippen LogP contribution in [0.4, 0.5) is 5.69 Å². The highest BCUT2D eigenvalue weighted by molar-refractivity contribution is 7.10. The molecule has 2 nitrogen and oxygen atoms in total. The number of anilines is 1. The van der Waals surface area contributed by atoms with E-state index in [1.165, 1.54) is 64.6 Å². The molecule has 0 N–H and O–H groups in total. The average Bonchev–Trinajstić information content (AvgIpc) is 3.54. The Kier molecular flexibility index (Phi) is 10.2. The van der Waals surface area contributed by atoms with E-state index in [1.54, 1.807) is 11.3 Å². The van der Waals surface area contributed by atoms with Crippen LogP contribution in [0.25, 0.3) is 34.5 Å². The van der Waals surface area contributed by atoms with Gasteiger partial charge >= 0.3 is 0 Å². The molecule has 3 aromatic carbocycles. The van der Waals surface area contributed by atoms with Gasteiger partial charge in [0.1, 0.15) is 6.54 Å². The van der Waals surface area contributed by atoms with Crippen molar-refractivity contribution in [3.8, 4) is 22.4 Å². The molecule has 1 aliphatic heterocycles. The van der Waals surface area contributed by atoms with Crippen LogP contribution in [0, 0.1) is 0 Å². The highest BCUT2D eigenvalue weighted by Crippen LogP contribution is 2.26. The molecule has 0 saturated carbocycles. The fourth-order valence-electron chi connectivity index (χ4n) is 4.44. The largest absolute Gasteiger partial charge is 1.00 e. The van der Waals surface area contributed by atoms with Crippen molar-refractivity contribution in [1.29, 1.82) is 0 Å². The molecule has 4 aromatic rings. The molecule has 0 atom stereocenters. The summed E-state index contributed by atoms with van der Waals surface area (Å²) in [5, 5.41) is 3.55. The normalized spacial score (nSPS) is 13.0. The summed E-state index contributed by atoms with van der Waals surface area (Å²) in [5.74, 6) is 0. The summed E-state index contributed by atoms with van der Waals surface area (Å²) < 4.78 is 2.40. The van der Waals surface area contributed by atoms with Crippen molar-refractivity contribution in [2.75, 3.05) is 18.0 Å². The Morgan fingerprint density at radius 3 is 2.03 bits per heavy atom. The predicted octanol–water partition coefficient (Wildman–Crippen LogP) is 1.17. The van der Waals surface area contributed by atoms with Gasteiger partial charge in [0, 0.05) is 30.4 Å². The molecular formula is C29H29I2N2S-. The summed E-state index contributed by atoms with van der Waals surface area (Å²) in [7, 11) is 0. The molecule has 34 heavy (non-hydrogen) atoms. The molecule has 0 unspecified atom stereocenters. The summed E-state index contributed by atoms with van der Waals surface area (Å²) in [6, 6.07) is 28.5. The maximum atomic E-state index is 2.48. The lowest BCUT2D eigenvalue weighted by atomic mass is 10.0. The maximum absolute atomic E-state index is 2.48. The van der Waals surface area contributed by atoms with Gasteiger partial charge in [-0.3, -0.25) is 0 Å². The van der Waals surface area contributed by atoms with E-state index in [1.807, 2.05) is 0 Å². The molecule has 5 rings (SSSR count). The Morgan fingerprint density at radius 2 is 1.38 bits per heavy atom. The fourth-order valence-corrected chi connectivity index (χ4v) is 5.44. The lowest BCUT2D eigenvalue weighted by Gasteiger charge is -2.17. The van der Waals surface area contributed by atoms with Gasteiger partial charge in [-0.15, -0.1) is 0 Å². The molecule has 0 bridgehead atoms. The van der Waals surface area contributed by atoms with Gasteiger partial charge in [0.15, 0.2) is 0 Å². The first-order valence-corrected chi connectivity index (χ1v) is 12.4. The Hall–Kier alpha value is -1.71. The summed E-state index contributed by atoms with van der Waals surface area (Å²) in [4.78, 5) is 2.48. The van der Waals surface area contributed by atoms with E-state index in [0.29, 0.717) is 0 Å². The van der Waals surface area contributed by atoms with Crippen LogP contribution in [0.2, 0.25) is 0 Å². The molecule has 1 aromatic heterocycles. The molecular weight excluding hydrogens is 662 g/mol. The highest BCUT2D eigenvalue weighted by Gasteiger charge is 2.18. The van der Waals surface area contributed by atoms with Crippen LogP contribution in [0.15, 0.2) is 84.2 Å². The van der Waals surface area contributed by atoms with Crippen LogP contribution in [-0.4, -0.2) is 13.1 Å². The van der Waals surface area contributed by atoms with Crippen LogP contribution < -0.4 is 57.4 Å². The molecule has 5 heteroatoms. The Bertz CT molecular complexity index is 1190. The molecule has 0 spiro atoms. The van der Waals surface area contributed by atoms with Gasteiger partial charge in [0.05, 0.1) is 5.38 Å². The molecule has 1 aliphatic rings. The van der Waals surface area contributed by atoms with E-state index in [-0.39, 0.29) is 48.0 Å². The molecule has 1 fully saturated rings. The van der Waals surface area contributed by atoms with Crippen molar-refractivity contribution < 1.29 is 52.5 Å². The number of nitrogens with zero attached hydrogens (tertiary/aromatic N) is 2. The topological polar surface area (TPSA) is 7.12 Å². The highest BCUT2D eigenvalue weighted by atomic mass is 127. The second kappa shape index (κ2) is 12.8. The van der Waals surface area contributed by atoms with Crippen LogP contribution in [-0.2, 0) is 6.54 Å². The third kappa shape index (κ3) is 6.10. The number of hydrogen-bond donors (Lipinski definition) is 0. The first-order valence-electron chi connectivity index (χ1n) is 11.5. The van der Waals surface area contributed by atoms with E-state index in [2.05, 4.69) is 113 Å². The number of hydrogen-bond acceptors (Lipinski definition) is 2. The van der Waals surface area contributed by atoms with E-state index in [9.17, 15) is 0 Å². The van der Waals surface area contributed by atoms with Gasteiger partial charge in [-0.25, -0.2) is 0 Å². The maximum Gasteiger partial charge on any atom is 0.262 e. The molecule has 176 valence electrons. The van der Waals surface area contributed by atoms with E-state index in [4.69, 9.17) is 0 Å². The molecule has 0 amide bonds. The first kappa shape index (κ1) is 26.9. The zero-order valence-corrected chi connectivity index (χ0v) is 24.5. The zero-order chi connectivity index (χ0) is 21.8. The molecule has 2 heterocycles. The third-order valence-corrected chi connectivity index (χ3v) is 7.17. The Balaban J connectivity index is 0.00000162. The Morgan fingerprint density at radius 1 is 0.765 bits per heavy atom. The number of benzene rings is 3. The lowest BCUT2D eigenvalue weighted by Crippen LogP contribution is -3.00. The minimum atomic E-state index is 0. The van der Waals surface area contributed by atoms with Gasteiger partial charge < -0.3 is 52.9 Å². The van der Waals surface area contributed by atoms with Crippen molar-refractivity contribution in [2.24, 2.45) is 0 Å². The average molecular weight is 691 g/mol. The molecule has 0 radical (unpaired) electrons. The minimum Gasteiger partial charge on any atom is -1.00 e. The summed E-state index contributed by atoms with van der Waals surface area (Å²) in [5.41, 5.74) is 7.65. The summed E-state index contributed by atoms with van der Waals surface area (Å²) in [6.45, 7) is 5.55. The third-order valence-electron chi connectivity index (χ3n) is 6.23. The van der Waals surface area contributed by atoms with Crippen LogP contribution >= 0.6 is 11.3 Å². The van der Waals surface area contributed by atoms with Gasteiger partial charge in [-0.2, -0.15) is 4.57 Å². The number of aromatic nitrogens is 1. The van der Waals surface area contributed by atoms with E-state index < -0.39 is 0 Å². The second-order valence-electron chi connectivity index (χ2n) is 8.27. The second-order valence-corrected chi connectivity index (χ2v) is 9.16. The summed E-state index contributed by atoms with van der Waals surface area (Å²) in [6.07, 6.45) is 7.11. The van der Waals surface area contributed by atoms with Crippen molar-refractivity contribution in [1.82, 2.24) is 0 Å². The number of thiazole rings is 1. The van der Waals surface area contributed by atoms with Gasteiger partial charge in [0.25, 0.3) is 5.01 Å². The number of halogens is 2. The smallest absolute Gasteiger partial charge is 0.262 e. The van der Waals surface area contributed by atoms with Crippen molar-refractivity contribution >= 4 is 29.2 Å². The predicted molar refractivity (Wildman–Crippen MR) is 138 cm³/mol. The quantitative estimate of drug-likeness (QED) is 0.218. The van der Waals surface area contributed by atoms with Gasteiger partial charge in [-0.05, 0) is 66.8 Å². The fraction of sp³-hybridized carbons (Fsp3) is 0.207. The Labute approximate surface area is 241 Å². The van der Waals surface area contributed by atoms with Crippen LogP contribution in [0.1, 0.15) is 30.3 Å². The lowest BCUT2D eigenvalue weighted by molar-refractivity contribution is -0.679. The standard InChI is InChI=1S/C29H29N2S.2HI/c1-2-31-28(26-15-13-25(14-16-26)24-8-4-3-5-9-24)22-32-29(31)19-12-23-10-17-27(18-11-23)30-20-6-7-21-30;;/h3-5,8-19,22H,2,6-7,20-21H2,1H3;2*1H/q+1;;/p-2. The van der Waals surface area contributed by atoms with Crippen LogP contribution in [0.5, 0.6) is 0 Å². The van der Waals surface area contributed by atoms with Crippen molar-refractivity contribution in [2.45, 2.75) is 26.3 Å². The first-order chi connectivity index (χ1) is 15.8.